The molecule has 0 aromatic heterocycles. The minimum absolute atomic E-state index is 0.401. The van der Waals surface area contributed by atoms with Gasteiger partial charge in [0.1, 0.15) is 0 Å². The maximum atomic E-state index is 6.26. The van der Waals surface area contributed by atoms with Crippen molar-refractivity contribution in [2.24, 2.45) is 23.0 Å². The van der Waals surface area contributed by atoms with Crippen LogP contribution in [-0.2, 0) is 0 Å². The Labute approximate surface area is 113 Å². The minimum atomic E-state index is 0.401. The highest BCUT2D eigenvalue weighted by molar-refractivity contribution is 4.96. The van der Waals surface area contributed by atoms with E-state index < -0.39 is 0 Å². The van der Waals surface area contributed by atoms with Gasteiger partial charge in [-0.25, -0.2) is 0 Å². The molecule has 0 amide bonds. The van der Waals surface area contributed by atoms with Crippen molar-refractivity contribution in [2.75, 3.05) is 13.1 Å². The van der Waals surface area contributed by atoms with Gasteiger partial charge in [-0.2, -0.15) is 0 Å². The molecular weight excluding hydrogens is 220 g/mol. The van der Waals surface area contributed by atoms with Gasteiger partial charge in [0.25, 0.3) is 0 Å². The van der Waals surface area contributed by atoms with Crippen molar-refractivity contribution in [3.05, 3.63) is 0 Å². The molecule has 2 aliphatic carbocycles. The fourth-order valence-corrected chi connectivity index (χ4v) is 3.70. The first-order chi connectivity index (χ1) is 8.46. The third-order valence-electron chi connectivity index (χ3n) is 5.75. The lowest BCUT2D eigenvalue weighted by Gasteiger charge is -2.48. The highest BCUT2D eigenvalue weighted by Crippen LogP contribution is 2.45. The molecule has 0 bridgehead atoms. The van der Waals surface area contributed by atoms with Gasteiger partial charge in [-0.3, -0.25) is 0 Å². The molecule has 0 saturated heterocycles. The molecule has 18 heavy (non-hydrogen) atoms. The number of hydrogen-bond donors (Lipinski definition) is 1. The van der Waals surface area contributed by atoms with E-state index >= 15 is 0 Å². The van der Waals surface area contributed by atoms with Crippen LogP contribution in [0.15, 0.2) is 0 Å². The van der Waals surface area contributed by atoms with Crippen LogP contribution in [0.4, 0.5) is 0 Å². The summed E-state index contributed by atoms with van der Waals surface area (Å²) in [6, 6.07) is 1.32. The van der Waals surface area contributed by atoms with E-state index in [1.54, 1.807) is 0 Å². The second-order valence-electron chi connectivity index (χ2n) is 7.27. The quantitative estimate of drug-likeness (QED) is 0.814. The van der Waals surface area contributed by atoms with Gasteiger partial charge >= 0.3 is 0 Å². The fourth-order valence-electron chi connectivity index (χ4n) is 3.70. The summed E-state index contributed by atoms with van der Waals surface area (Å²) in [5.41, 5.74) is 6.67. The van der Waals surface area contributed by atoms with E-state index in [1.807, 2.05) is 0 Å². The zero-order valence-electron chi connectivity index (χ0n) is 12.8. The van der Waals surface area contributed by atoms with E-state index in [4.69, 9.17) is 5.73 Å². The average molecular weight is 252 g/mol. The van der Waals surface area contributed by atoms with E-state index in [1.165, 1.54) is 45.2 Å². The third-order valence-corrected chi connectivity index (χ3v) is 5.75. The first-order valence-electron chi connectivity index (χ1n) is 7.96. The Morgan fingerprint density at radius 2 is 1.83 bits per heavy atom. The van der Waals surface area contributed by atoms with E-state index in [0.29, 0.717) is 17.4 Å². The molecule has 0 spiro atoms. The van der Waals surface area contributed by atoms with Gasteiger partial charge in [-0.05, 0) is 55.9 Å². The van der Waals surface area contributed by atoms with Crippen LogP contribution in [0.2, 0.25) is 0 Å². The molecule has 2 N–H and O–H groups in total. The van der Waals surface area contributed by atoms with Gasteiger partial charge < -0.3 is 10.6 Å². The van der Waals surface area contributed by atoms with Gasteiger partial charge in [0.15, 0.2) is 0 Å². The molecule has 2 saturated carbocycles. The van der Waals surface area contributed by atoms with Crippen molar-refractivity contribution in [2.45, 2.75) is 71.9 Å². The molecule has 2 heteroatoms. The third kappa shape index (κ3) is 2.91. The number of nitrogens with two attached hydrogens (primary N) is 1. The smallest absolute Gasteiger partial charge is 0.00965 e. The van der Waals surface area contributed by atoms with Crippen LogP contribution in [0.5, 0.6) is 0 Å². The second kappa shape index (κ2) is 5.50. The van der Waals surface area contributed by atoms with Gasteiger partial charge in [0.05, 0.1) is 0 Å². The second-order valence-corrected chi connectivity index (χ2v) is 7.27. The fraction of sp³-hybridized carbons (Fsp3) is 1.00. The highest BCUT2D eigenvalue weighted by Gasteiger charge is 2.43. The molecule has 0 aromatic carbocycles. The topological polar surface area (TPSA) is 29.3 Å². The van der Waals surface area contributed by atoms with Gasteiger partial charge in [-0.1, -0.05) is 27.7 Å². The van der Waals surface area contributed by atoms with Crippen LogP contribution in [0.1, 0.15) is 59.8 Å². The highest BCUT2D eigenvalue weighted by atomic mass is 15.2. The van der Waals surface area contributed by atoms with Crippen molar-refractivity contribution in [1.82, 2.24) is 4.90 Å². The van der Waals surface area contributed by atoms with Gasteiger partial charge in [-0.15, -0.1) is 0 Å². The first-order valence-corrected chi connectivity index (χ1v) is 7.96. The minimum Gasteiger partial charge on any atom is -0.327 e. The lowest BCUT2D eigenvalue weighted by Crippen LogP contribution is -2.50. The molecule has 0 radical (unpaired) electrons. The molecule has 0 aliphatic heterocycles. The Hall–Kier alpha value is -0.0800. The largest absolute Gasteiger partial charge is 0.327 e. The molecule has 2 nitrogen and oxygen atoms in total. The lowest BCUT2D eigenvalue weighted by atomic mass is 9.61. The van der Waals surface area contributed by atoms with Crippen LogP contribution in [0.3, 0.4) is 0 Å². The summed E-state index contributed by atoms with van der Waals surface area (Å²) >= 11 is 0. The summed E-state index contributed by atoms with van der Waals surface area (Å²) in [5, 5.41) is 0. The Bertz CT molecular complexity index is 270. The summed E-state index contributed by atoms with van der Waals surface area (Å²) in [4.78, 5) is 2.76. The standard InChI is InChI=1S/C16H32N2/c1-5-10-18(14-7-8-14)11-13-6-9-15(17)12(2)16(13,3)4/h12-15H,5-11,17H2,1-4H3. The van der Waals surface area contributed by atoms with Crippen molar-refractivity contribution in [3.63, 3.8) is 0 Å². The predicted molar refractivity (Wildman–Crippen MR) is 78.5 cm³/mol. The van der Waals surface area contributed by atoms with E-state index in [9.17, 15) is 0 Å². The van der Waals surface area contributed by atoms with Crippen LogP contribution in [-0.4, -0.2) is 30.1 Å². The van der Waals surface area contributed by atoms with Crippen molar-refractivity contribution >= 4 is 0 Å². The molecule has 0 heterocycles. The monoisotopic (exact) mass is 252 g/mol. The molecule has 2 aliphatic rings. The first kappa shape index (κ1) is 14.3. The summed E-state index contributed by atoms with van der Waals surface area (Å²) < 4.78 is 0. The van der Waals surface area contributed by atoms with Crippen molar-refractivity contribution < 1.29 is 0 Å². The number of hydrogen-bond acceptors (Lipinski definition) is 2. The summed E-state index contributed by atoms with van der Waals surface area (Å²) in [5.74, 6) is 1.48. The van der Waals surface area contributed by atoms with E-state index in [0.717, 1.165) is 12.0 Å². The van der Waals surface area contributed by atoms with Crippen molar-refractivity contribution in [1.29, 1.82) is 0 Å². The summed E-state index contributed by atoms with van der Waals surface area (Å²) in [7, 11) is 0. The lowest BCUT2D eigenvalue weighted by molar-refractivity contribution is 0.0268. The molecule has 2 rings (SSSR count). The van der Waals surface area contributed by atoms with Gasteiger partial charge in [0, 0.05) is 18.6 Å². The Balaban J connectivity index is 1.98. The van der Waals surface area contributed by atoms with Crippen LogP contribution < -0.4 is 5.73 Å². The van der Waals surface area contributed by atoms with Crippen LogP contribution in [0.25, 0.3) is 0 Å². The average Bonchev–Trinajstić information content (AvgIpc) is 3.13. The summed E-state index contributed by atoms with van der Waals surface area (Å²) in [6.45, 7) is 12.1. The maximum absolute atomic E-state index is 6.26. The van der Waals surface area contributed by atoms with Gasteiger partial charge in [0.2, 0.25) is 0 Å². The molecule has 3 atom stereocenters. The Kier molecular flexibility index (Phi) is 4.38. The predicted octanol–water partition coefficient (Wildman–Crippen LogP) is 3.26. The maximum Gasteiger partial charge on any atom is 0.00965 e. The molecule has 106 valence electrons. The number of rotatable bonds is 5. The number of nitrogens with zero attached hydrogens (tertiary/aromatic N) is 1. The molecule has 0 aromatic rings. The normalized spacial score (nSPS) is 36.0. The molecule has 2 fully saturated rings. The Morgan fingerprint density at radius 1 is 1.17 bits per heavy atom. The zero-order chi connectivity index (χ0) is 13.3. The van der Waals surface area contributed by atoms with Crippen molar-refractivity contribution in [3.8, 4) is 0 Å². The van der Waals surface area contributed by atoms with Crippen LogP contribution in [0, 0.1) is 17.3 Å². The van der Waals surface area contributed by atoms with E-state index in [-0.39, 0.29) is 0 Å². The van der Waals surface area contributed by atoms with E-state index in [2.05, 4.69) is 32.6 Å². The molecular formula is C16H32N2. The SMILES string of the molecule is CCCN(CC1CCC(N)C(C)C1(C)C)C1CC1. The zero-order valence-corrected chi connectivity index (χ0v) is 12.8. The Morgan fingerprint density at radius 3 is 2.39 bits per heavy atom. The summed E-state index contributed by atoms with van der Waals surface area (Å²) in [6.07, 6.45) is 6.70. The van der Waals surface area contributed by atoms with Crippen LogP contribution >= 0.6 is 0 Å². The molecule has 3 unspecified atom stereocenters.